The van der Waals surface area contributed by atoms with Crippen LogP contribution in [-0.2, 0) is 11.2 Å². The van der Waals surface area contributed by atoms with Crippen molar-refractivity contribution in [1.82, 2.24) is 9.88 Å². The molecule has 0 radical (unpaired) electrons. The van der Waals surface area contributed by atoms with Gasteiger partial charge in [0.2, 0.25) is 0 Å². The molecule has 1 fully saturated rings. The number of nitrogens with two attached hydrogens (primary N) is 2. The van der Waals surface area contributed by atoms with Crippen LogP contribution in [0.25, 0.3) is 0 Å². The quantitative estimate of drug-likeness (QED) is 0.749. The molecule has 1 amide bonds. The van der Waals surface area contributed by atoms with Gasteiger partial charge in [0.15, 0.2) is 18.1 Å². The van der Waals surface area contributed by atoms with Gasteiger partial charge in [-0.2, -0.15) is 0 Å². The lowest BCUT2D eigenvalue weighted by molar-refractivity contribution is -0.119. The second-order valence-corrected chi connectivity index (χ2v) is 7.98. The molecule has 3 heterocycles. The number of rotatable bonds is 5. The van der Waals surface area contributed by atoms with Gasteiger partial charge in [0.25, 0.3) is 5.91 Å². The summed E-state index contributed by atoms with van der Waals surface area (Å²) in [6.45, 7) is 3.77. The molecule has 2 aliphatic rings. The molecule has 1 saturated heterocycles. The monoisotopic (exact) mass is 432 g/mol. The Morgan fingerprint density at radius 3 is 2.80 bits per heavy atom. The SMILES string of the molecule is COc1cc2c(cc1OCC(N)=O)CCN1CC(c3cc(C)ccn3)C(N)CC21.Cl. The van der Waals surface area contributed by atoms with E-state index in [9.17, 15) is 4.79 Å². The average Bonchev–Trinajstić information content (AvgIpc) is 2.71. The zero-order valence-electron chi connectivity index (χ0n) is 17.3. The Morgan fingerprint density at radius 1 is 1.30 bits per heavy atom. The Balaban J connectivity index is 0.00000256. The van der Waals surface area contributed by atoms with Crippen LogP contribution >= 0.6 is 12.4 Å². The van der Waals surface area contributed by atoms with E-state index in [0.717, 1.165) is 31.6 Å². The third-order valence-corrected chi connectivity index (χ3v) is 6.02. The molecule has 0 saturated carbocycles. The highest BCUT2D eigenvalue weighted by atomic mass is 35.5. The minimum absolute atomic E-state index is 0. The number of hydrogen-bond acceptors (Lipinski definition) is 6. The molecule has 162 valence electrons. The molecule has 30 heavy (non-hydrogen) atoms. The van der Waals surface area contributed by atoms with Gasteiger partial charge in [0.1, 0.15) is 0 Å². The van der Waals surface area contributed by atoms with E-state index < -0.39 is 5.91 Å². The van der Waals surface area contributed by atoms with Crippen molar-refractivity contribution in [3.8, 4) is 11.5 Å². The van der Waals surface area contributed by atoms with E-state index in [1.54, 1.807) is 7.11 Å². The highest BCUT2D eigenvalue weighted by Crippen LogP contribution is 2.44. The van der Waals surface area contributed by atoms with Gasteiger partial charge in [-0.1, -0.05) is 0 Å². The molecule has 4 N–H and O–H groups in total. The molecule has 3 atom stereocenters. The van der Waals surface area contributed by atoms with E-state index in [-0.39, 0.29) is 37.0 Å². The van der Waals surface area contributed by atoms with Crippen molar-refractivity contribution in [3.05, 3.63) is 52.8 Å². The van der Waals surface area contributed by atoms with Gasteiger partial charge in [-0.05, 0) is 60.7 Å². The fourth-order valence-electron chi connectivity index (χ4n) is 4.56. The standard InChI is InChI=1S/C22H28N4O3.ClH/c1-13-3-5-25-18(7-13)16-11-26-6-4-14-8-21(29-12-22(24)27)20(28-2)9-15(14)19(26)10-17(16)23;/h3,5,7-9,16-17,19H,4,6,10-12,23H2,1-2H3,(H2,24,27);1H. The molecular formula is C22H29ClN4O3. The molecule has 0 aliphatic carbocycles. The molecule has 1 aromatic carbocycles. The predicted molar refractivity (Wildman–Crippen MR) is 117 cm³/mol. The minimum atomic E-state index is -0.509. The lowest BCUT2D eigenvalue weighted by Gasteiger charge is -2.46. The van der Waals surface area contributed by atoms with Crippen molar-refractivity contribution in [2.75, 3.05) is 26.8 Å². The van der Waals surface area contributed by atoms with E-state index >= 15 is 0 Å². The molecule has 0 bridgehead atoms. The van der Waals surface area contributed by atoms with Crippen LogP contribution in [0.15, 0.2) is 30.5 Å². The van der Waals surface area contributed by atoms with Crippen molar-refractivity contribution in [3.63, 3.8) is 0 Å². The van der Waals surface area contributed by atoms with Gasteiger partial charge in [0, 0.05) is 43.0 Å². The van der Waals surface area contributed by atoms with Crippen molar-refractivity contribution >= 4 is 18.3 Å². The fraction of sp³-hybridized carbons (Fsp3) is 0.455. The van der Waals surface area contributed by atoms with Crippen LogP contribution in [0.3, 0.4) is 0 Å². The van der Waals surface area contributed by atoms with Crippen LogP contribution < -0.4 is 20.9 Å². The van der Waals surface area contributed by atoms with Gasteiger partial charge in [-0.3, -0.25) is 14.7 Å². The molecule has 8 heteroatoms. The highest BCUT2D eigenvalue weighted by molar-refractivity contribution is 5.85. The summed E-state index contributed by atoms with van der Waals surface area (Å²) in [5, 5.41) is 0. The first-order valence-electron chi connectivity index (χ1n) is 10.0. The fourth-order valence-corrected chi connectivity index (χ4v) is 4.56. The summed E-state index contributed by atoms with van der Waals surface area (Å²) in [6.07, 6.45) is 3.64. The number of aromatic nitrogens is 1. The van der Waals surface area contributed by atoms with E-state index in [1.165, 1.54) is 16.7 Å². The summed E-state index contributed by atoms with van der Waals surface area (Å²) in [5.74, 6) is 0.890. The summed E-state index contributed by atoms with van der Waals surface area (Å²) in [5.41, 5.74) is 16.6. The summed E-state index contributed by atoms with van der Waals surface area (Å²) in [7, 11) is 1.60. The minimum Gasteiger partial charge on any atom is -0.493 e. The van der Waals surface area contributed by atoms with Crippen molar-refractivity contribution < 1.29 is 14.3 Å². The molecule has 3 unspecified atom stereocenters. The summed E-state index contributed by atoms with van der Waals surface area (Å²) in [4.78, 5) is 18.2. The average molecular weight is 433 g/mol. The third kappa shape index (κ3) is 4.38. The maximum atomic E-state index is 11.1. The first-order valence-corrected chi connectivity index (χ1v) is 10.0. The van der Waals surface area contributed by atoms with Crippen LogP contribution in [0.1, 0.15) is 40.8 Å². The van der Waals surface area contributed by atoms with Crippen molar-refractivity contribution in [2.24, 2.45) is 11.5 Å². The zero-order chi connectivity index (χ0) is 20.5. The Kier molecular flexibility index (Phi) is 6.85. The number of pyridine rings is 1. The number of fused-ring (bicyclic) bond motifs is 3. The molecule has 1 aromatic heterocycles. The highest BCUT2D eigenvalue weighted by Gasteiger charge is 2.39. The van der Waals surface area contributed by atoms with Gasteiger partial charge in [0.05, 0.1) is 7.11 Å². The maximum absolute atomic E-state index is 11.1. The smallest absolute Gasteiger partial charge is 0.255 e. The first-order chi connectivity index (χ1) is 14.0. The lowest BCUT2D eigenvalue weighted by Crippen LogP contribution is -2.50. The molecule has 2 aliphatic heterocycles. The first kappa shape index (κ1) is 22.3. The molecule has 7 nitrogen and oxygen atoms in total. The van der Waals surface area contributed by atoms with Gasteiger partial charge in [-0.15, -0.1) is 12.4 Å². The maximum Gasteiger partial charge on any atom is 0.255 e. The van der Waals surface area contributed by atoms with Gasteiger partial charge < -0.3 is 20.9 Å². The number of carbonyl (C=O) groups excluding carboxylic acids is 1. The summed E-state index contributed by atoms with van der Waals surface area (Å²) < 4.78 is 11.1. The second-order valence-electron chi connectivity index (χ2n) is 7.98. The number of carbonyl (C=O) groups is 1. The normalized spacial score (nSPS) is 23.0. The lowest BCUT2D eigenvalue weighted by atomic mass is 9.79. The third-order valence-electron chi connectivity index (χ3n) is 6.02. The van der Waals surface area contributed by atoms with E-state index in [2.05, 4.69) is 22.9 Å². The van der Waals surface area contributed by atoms with Crippen molar-refractivity contribution in [2.45, 2.75) is 37.8 Å². The van der Waals surface area contributed by atoms with Crippen LogP contribution in [-0.4, -0.2) is 48.6 Å². The van der Waals surface area contributed by atoms with Crippen LogP contribution in [0.2, 0.25) is 0 Å². The van der Waals surface area contributed by atoms with Crippen LogP contribution in [0, 0.1) is 6.92 Å². The van der Waals surface area contributed by atoms with Crippen molar-refractivity contribution in [1.29, 1.82) is 0 Å². The number of halogens is 1. The number of amides is 1. The molecule has 4 rings (SSSR count). The summed E-state index contributed by atoms with van der Waals surface area (Å²) in [6, 6.07) is 8.45. The number of piperidine rings is 1. The number of nitrogens with zero attached hydrogens (tertiary/aromatic N) is 2. The van der Waals surface area contributed by atoms with Crippen LogP contribution in [0.4, 0.5) is 0 Å². The number of aryl methyl sites for hydroxylation is 1. The Hall–Kier alpha value is -2.35. The van der Waals surface area contributed by atoms with Crippen LogP contribution in [0.5, 0.6) is 11.5 Å². The second kappa shape index (κ2) is 9.20. The van der Waals surface area contributed by atoms with E-state index in [4.69, 9.17) is 20.9 Å². The largest absolute Gasteiger partial charge is 0.493 e. The Labute approximate surface area is 183 Å². The predicted octanol–water partition coefficient (Wildman–Crippen LogP) is 2.10. The van der Waals surface area contributed by atoms with Gasteiger partial charge >= 0.3 is 0 Å². The zero-order valence-corrected chi connectivity index (χ0v) is 18.2. The molecule has 0 spiro atoms. The number of primary amides is 1. The molecule has 2 aromatic rings. The number of ether oxygens (including phenoxy) is 2. The molecular weight excluding hydrogens is 404 g/mol. The summed E-state index contributed by atoms with van der Waals surface area (Å²) >= 11 is 0. The number of methoxy groups -OCH3 is 1. The number of benzene rings is 1. The van der Waals surface area contributed by atoms with Gasteiger partial charge in [-0.25, -0.2) is 0 Å². The number of hydrogen-bond donors (Lipinski definition) is 2. The Bertz CT molecular complexity index is 923. The topological polar surface area (TPSA) is 104 Å². The van der Waals surface area contributed by atoms with E-state index in [1.807, 2.05) is 24.4 Å². The Morgan fingerprint density at radius 2 is 2.10 bits per heavy atom. The van der Waals surface area contributed by atoms with E-state index in [0.29, 0.717) is 11.5 Å².